The normalized spacial score (nSPS) is 16.3. The molecule has 30 heavy (non-hydrogen) atoms. The molecule has 1 atom stereocenters. The van der Waals surface area contributed by atoms with E-state index in [1.165, 1.54) is 6.33 Å². The van der Waals surface area contributed by atoms with Gasteiger partial charge in [0, 0.05) is 45.5 Å². The third kappa shape index (κ3) is 3.64. The Morgan fingerprint density at radius 3 is 2.70 bits per heavy atom. The minimum absolute atomic E-state index is 0.0216. The van der Waals surface area contributed by atoms with Crippen molar-refractivity contribution < 1.29 is 9.53 Å². The molecule has 0 radical (unpaired) electrons. The van der Waals surface area contributed by atoms with E-state index in [1.807, 2.05) is 30.2 Å². The molecule has 0 aromatic carbocycles. The molecule has 3 aromatic heterocycles. The molecule has 1 saturated heterocycles. The van der Waals surface area contributed by atoms with E-state index in [4.69, 9.17) is 9.72 Å². The van der Waals surface area contributed by atoms with Gasteiger partial charge in [0.1, 0.15) is 24.1 Å². The maximum atomic E-state index is 12.4. The van der Waals surface area contributed by atoms with E-state index in [1.54, 1.807) is 24.3 Å². The predicted molar refractivity (Wildman–Crippen MR) is 111 cm³/mol. The van der Waals surface area contributed by atoms with Gasteiger partial charge < -0.3 is 19.1 Å². The summed E-state index contributed by atoms with van der Waals surface area (Å²) in [6.45, 7) is 8.39. The van der Waals surface area contributed by atoms with Crippen LogP contribution in [0.4, 0.5) is 4.79 Å². The smallest absolute Gasteiger partial charge is 0.319 e. The Labute approximate surface area is 174 Å². The first-order valence-corrected chi connectivity index (χ1v) is 10.2. The second kappa shape index (κ2) is 8.21. The molecular formula is C20H26N8O2. The maximum absolute atomic E-state index is 12.4. The number of carbonyl (C=O) groups is 1. The topological polar surface area (TPSA) is 102 Å². The predicted octanol–water partition coefficient (Wildman–Crippen LogP) is 2.14. The van der Waals surface area contributed by atoms with E-state index in [0.29, 0.717) is 49.0 Å². The molecule has 4 heterocycles. The van der Waals surface area contributed by atoms with Crippen LogP contribution in [0.1, 0.15) is 26.1 Å². The van der Waals surface area contributed by atoms with Crippen LogP contribution in [0.15, 0.2) is 18.7 Å². The number of hydrogen-bond acceptors (Lipinski definition) is 7. The van der Waals surface area contributed by atoms with E-state index in [2.05, 4.69) is 19.9 Å². The Morgan fingerprint density at radius 1 is 1.23 bits per heavy atom. The Bertz CT molecular complexity index is 1050. The summed E-state index contributed by atoms with van der Waals surface area (Å²) in [5.41, 5.74) is 2.12. The Hall–Kier alpha value is -3.30. The van der Waals surface area contributed by atoms with Gasteiger partial charge in [-0.05, 0) is 20.8 Å². The van der Waals surface area contributed by atoms with Crippen LogP contribution >= 0.6 is 0 Å². The Balaban J connectivity index is 1.61. The number of hydrogen-bond donors (Lipinski definition) is 0. The SMILES string of the molecule is CCN(C)C(=O)N1CCC(Oc2ncnc3c2nc(-c2cnc(C)nc2)n3CC)C1. The number of aryl methyl sites for hydroxylation is 2. The highest BCUT2D eigenvalue weighted by atomic mass is 16.5. The fourth-order valence-electron chi connectivity index (χ4n) is 3.56. The van der Waals surface area contributed by atoms with Crippen molar-refractivity contribution in [1.82, 2.24) is 39.3 Å². The van der Waals surface area contributed by atoms with Crippen molar-refractivity contribution in [2.24, 2.45) is 0 Å². The molecular weight excluding hydrogens is 384 g/mol. The molecule has 1 aliphatic heterocycles. The van der Waals surface area contributed by atoms with E-state index in [9.17, 15) is 4.79 Å². The molecule has 0 saturated carbocycles. The molecule has 0 N–H and O–H groups in total. The van der Waals surface area contributed by atoms with Crippen LogP contribution < -0.4 is 4.74 Å². The largest absolute Gasteiger partial charge is 0.471 e. The van der Waals surface area contributed by atoms with Gasteiger partial charge in [0.25, 0.3) is 0 Å². The minimum atomic E-state index is -0.129. The van der Waals surface area contributed by atoms with Gasteiger partial charge in [-0.2, -0.15) is 4.98 Å². The van der Waals surface area contributed by atoms with Gasteiger partial charge in [-0.25, -0.2) is 24.7 Å². The van der Waals surface area contributed by atoms with E-state index in [0.717, 1.165) is 17.8 Å². The first-order chi connectivity index (χ1) is 14.5. The highest BCUT2D eigenvalue weighted by Crippen LogP contribution is 2.29. The van der Waals surface area contributed by atoms with Gasteiger partial charge in [-0.15, -0.1) is 0 Å². The highest BCUT2D eigenvalue weighted by Gasteiger charge is 2.30. The average Bonchev–Trinajstić information content (AvgIpc) is 3.38. The third-order valence-corrected chi connectivity index (χ3v) is 5.35. The summed E-state index contributed by atoms with van der Waals surface area (Å²) in [4.78, 5) is 38.0. The lowest BCUT2D eigenvalue weighted by molar-refractivity contribution is 0.161. The van der Waals surface area contributed by atoms with Crippen LogP contribution in [-0.4, -0.2) is 78.1 Å². The standard InChI is InChI=1S/C20H26N8O2/c1-5-26(4)20(29)27-8-7-15(11-27)30-19-16-18(23-12-24-19)28(6-2)17(25-16)14-9-21-13(3)22-10-14/h9-10,12,15H,5-8,11H2,1-4H3. The summed E-state index contributed by atoms with van der Waals surface area (Å²) in [7, 11) is 1.80. The molecule has 0 spiro atoms. The van der Waals surface area contributed by atoms with Gasteiger partial charge in [-0.3, -0.25) is 0 Å². The highest BCUT2D eigenvalue weighted by molar-refractivity contribution is 5.81. The number of rotatable bonds is 5. The van der Waals surface area contributed by atoms with Crippen LogP contribution in [0.3, 0.4) is 0 Å². The molecule has 1 aliphatic rings. The number of aromatic nitrogens is 6. The number of amides is 2. The van der Waals surface area contributed by atoms with E-state index >= 15 is 0 Å². The molecule has 3 aromatic rings. The maximum Gasteiger partial charge on any atom is 0.319 e. The van der Waals surface area contributed by atoms with Crippen LogP contribution in [-0.2, 0) is 6.54 Å². The zero-order valence-electron chi connectivity index (χ0n) is 17.7. The molecule has 158 valence electrons. The number of carbonyl (C=O) groups excluding carboxylic acids is 1. The number of imidazole rings is 1. The summed E-state index contributed by atoms with van der Waals surface area (Å²) >= 11 is 0. The van der Waals surface area contributed by atoms with Crippen molar-refractivity contribution >= 4 is 17.2 Å². The lowest BCUT2D eigenvalue weighted by Gasteiger charge is -2.23. The minimum Gasteiger partial charge on any atom is -0.471 e. The van der Waals surface area contributed by atoms with Gasteiger partial charge in [-0.1, -0.05) is 0 Å². The molecule has 0 bridgehead atoms. The van der Waals surface area contributed by atoms with Gasteiger partial charge in [0.05, 0.1) is 12.1 Å². The fourth-order valence-corrected chi connectivity index (χ4v) is 3.56. The summed E-state index contributed by atoms with van der Waals surface area (Å²) in [5.74, 6) is 1.87. The molecule has 10 heteroatoms. The van der Waals surface area contributed by atoms with Crippen molar-refractivity contribution in [2.75, 3.05) is 26.7 Å². The summed E-state index contributed by atoms with van der Waals surface area (Å²) < 4.78 is 8.18. The molecule has 4 rings (SSSR count). The number of ether oxygens (including phenoxy) is 1. The monoisotopic (exact) mass is 410 g/mol. The molecule has 0 aliphatic carbocycles. The molecule has 2 amide bonds. The zero-order valence-corrected chi connectivity index (χ0v) is 17.7. The van der Waals surface area contributed by atoms with E-state index in [-0.39, 0.29) is 12.1 Å². The van der Waals surface area contributed by atoms with Crippen molar-refractivity contribution in [3.63, 3.8) is 0 Å². The van der Waals surface area contributed by atoms with Crippen molar-refractivity contribution in [3.8, 4) is 17.3 Å². The second-order valence-electron chi connectivity index (χ2n) is 7.32. The number of urea groups is 1. The number of likely N-dealkylation sites (tertiary alicyclic amines) is 1. The molecule has 1 unspecified atom stereocenters. The van der Waals surface area contributed by atoms with Crippen LogP contribution in [0.25, 0.3) is 22.6 Å². The second-order valence-corrected chi connectivity index (χ2v) is 7.32. The van der Waals surface area contributed by atoms with Crippen LogP contribution in [0.5, 0.6) is 5.88 Å². The first-order valence-electron chi connectivity index (χ1n) is 10.2. The average molecular weight is 410 g/mol. The van der Waals surface area contributed by atoms with Crippen LogP contribution in [0.2, 0.25) is 0 Å². The molecule has 1 fully saturated rings. The van der Waals surface area contributed by atoms with Gasteiger partial charge >= 0.3 is 6.03 Å². The van der Waals surface area contributed by atoms with Crippen LogP contribution in [0, 0.1) is 6.92 Å². The Kier molecular flexibility index (Phi) is 5.47. The van der Waals surface area contributed by atoms with E-state index < -0.39 is 0 Å². The summed E-state index contributed by atoms with van der Waals surface area (Å²) in [5, 5.41) is 0. The zero-order chi connectivity index (χ0) is 21.3. The van der Waals surface area contributed by atoms with Gasteiger partial charge in [0.2, 0.25) is 5.88 Å². The third-order valence-electron chi connectivity index (χ3n) is 5.35. The van der Waals surface area contributed by atoms with Crippen molar-refractivity contribution in [2.45, 2.75) is 39.8 Å². The number of nitrogens with zero attached hydrogens (tertiary/aromatic N) is 8. The summed E-state index contributed by atoms with van der Waals surface area (Å²) in [6, 6.07) is 0.0216. The number of fused-ring (bicyclic) bond motifs is 1. The first kappa shape index (κ1) is 20.0. The summed E-state index contributed by atoms with van der Waals surface area (Å²) in [6.07, 6.45) is 5.63. The van der Waals surface area contributed by atoms with Crippen molar-refractivity contribution in [3.05, 3.63) is 24.5 Å². The fraction of sp³-hybridized carbons (Fsp3) is 0.500. The van der Waals surface area contributed by atoms with Gasteiger partial charge in [0.15, 0.2) is 11.2 Å². The lowest BCUT2D eigenvalue weighted by Crippen LogP contribution is -2.40. The molecule has 10 nitrogen and oxygen atoms in total. The van der Waals surface area contributed by atoms with Crippen molar-refractivity contribution in [1.29, 1.82) is 0 Å². The lowest BCUT2D eigenvalue weighted by atomic mass is 10.3. The Morgan fingerprint density at radius 2 is 2.00 bits per heavy atom. The quantitative estimate of drug-likeness (QED) is 0.635.